The highest BCUT2D eigenvalue weighted by molar-refractivity contribution is 5.57. The lowest BCUT2D eigenvalue weighted by atomic mass is 10.2. The molecule has 14 heavy (non-hydrogen) atoms. The number of aromatic amines is 1. The molecule has 0 aliphatic rings. The van der Waals surface area contributed by atoms with Crippen molar-refractivity contribution in [3.8, 4) is 11.4 Å². The fourth-order valence-corrected chi connectivity index (χ4v) is 1.49. The molecule has 0 fully saturated rings. The molecular weight excluding hydrogens is 174 g/mol. The number of aryl methyl sites for hydroxylation is 2. The van der Waals surface area contributed by atoms with Gasteiger partial charge in [0.05, 0.1) is 11.4 Å². The van der Waals surface area contributed by atoms with Crippen molar-refractivity contribution in [2.75, 3.05) is 0 Å². The first-order chi connectivity index (χ1) is 6.81. The largest absolute Gasteiger partial charge is 0.360 e. The van der Waals surface area contributed by atoms with Gasteiger partial charge in [-0.1, -0.05) is 6.92 Å². The first kappa shape index (κ1) is 8.94. The summed E-state index contributed by atoms with van der Waals surface area (Å²) in [5, 5.41) is 0. The zero-order valence-corrected chi connectivity index (χ0v) is 8.41. The number of H-pyrrole nitrogens is 1. The molecule has 0 unspecified atom stereocenters. The van der Waals surface area contributed by atoms with Crippen LogP contribution in [0.3, 0.4) is 0 Å². The van der Waals surface area contributed by atoms with Crippen LogP contribution in [0, 0.1) is 6.92 Å². The maximum Gasteiger partial charge on any atom is 0.108 e. The second kappa shape index (κ2) is 3.62. The third-order valence-corrected chi connectivity index (χ3v) is 2.19. The van der Waals surface area contributed by atoms with Gasteiger partial charge in [-0.2, -0.15) is 0 Å². The molecule has 2 aromatic rings. The molecule has 2 rings (SSSR count). The monoisotopic (exact) mass is 187 g/mol. The van der Waals surface area contributed by atoms with Gasteiger partial charge >= 0.3 is 0 Å². The van der Waals surface area contributed by atoms with Gasteiger partial charge in [-0.05, 0) is 25.0 Å². The van der Waals surface area contributed by atoms with Crippen molar-refractivity contribution >= 4 is 0 Å². The van der Waals surface area contributed by atoms with Gasteiger partial charge in [0, 0.05) is 18.6 Å². The molecule has 0 aliphatic carbocycles. The Balaban J connectivity index is 2.50. The lowest BCUT2D eigenvalue weighted by molar-refractivity contribution is 1.00. The fraction of sp³-hybridized carbons (Fsp3) is 0.273. The van der Waals surface area contributed by atoms with E-state index in [-0.39, 0.29) is 0 Å². The van der Waals surface area contributed by atoms with Crippen molar-refractivity contribution in [1.29, 1.82) is 0 Å². The Bertz CT molecular complexity index is 432. The number of aromatic nitrogens is 3. The predicted molar refractivity (Wildman–Crippen MR) is 55.9 cm³/mol. The van der Waals surface area contributed by atoms with E-state index in [9.17, 15) is 0 Å². The Labute approximate surface area is 83.2 Å². The van der Waals surface area contributed by atoms with Gasteiger partial charge in [0.15, 0.2) is 0 Å². The first-order valence-corrected chi connectivity index (χ1v) is 4.76. The minimum absolute atomic E-state index is 0.904. The lowest BCUT2D eigenvalue weighted by Crippen LogP contribution is -1.94. The van der Waals surface area contributed by atoms with Crippen LogP contribution in [0.2, 0.25) is 0 Å². The molecule has 3 nitrogen and oxygen atoms in total. The minimum atomic E-state index is 0.904. The van der Waals surface area contributed by atoms with Crippen LogP contribution in [0.25, 0.3) is 11.4 Å². The predicted octanol–water partition coefficient (Wildman–Crippen LogP) is 2.34. The normalized spacial score (nSPS) is 10.4. The summed E-state index contributed by atoms with van der Waals surface area (Å²) in [5.74, 6) is 0. The van der Waals surface area contributed by atoms with Gasteiger partial charge in [0.2, 0.25) is 0 Å². The SMILES string of the molecule is CCc1nccnc1-c1cc(C)c[nH]1. The van der Waals surface area contributed by atoms with Gasteiger partial charge < -0.3 is 4.98 Å². The number of hydrogen-bond acceptors (Lipinski definition) is 2. The summed E-state index contributed by atoms with van der Waals surface area (Å²) in [6.45, 7) is 4.14. The van der Waals surface area contributed by atoms with Crippen LogP contribution in [0.4, 0.5) is 0 Å². The topological polar surface area (TPSA) is 41.6 Å². The van der Waals surface area contributed by atoms with Crippen LogP contribution in [-0.4, -0.2) is 15.0 Å². The zero-order chi connectivity index (χ0) is 9.97. The van der Waals surface area contributed by atoms with E-state index in [0.29, 0.717) is 0 Å². The Morgan fingerprint density at radius 3 is 2.71 bits per heavy atom. The second-order valence-electron chi connectivity index (χ2n) is 3.30. The summed E-state index contributed by atoms with van der Waals surface area (Å²) in [5.41, 5.74) is 4.26. The molecular formula is C11H13N3. The molecule has 0 bridgehead atoms. The summed E-state index contributed by atoms with van der Waals surface area (Å²) in [4.78, 5) is 11.8. The average molecular weight is 187 g/mol. The van der Waals surface area contributed by atoms with Crippen molar-refractivity contribution in [2.45, 2.75) is 20.3 Å². The summed E-state index contributed by atoms with van der Waals surface area (Å²) in [6.07, 6.45) is 6.34. The van der Waals surface area contributed by atoms with Gasteiger partial charge in [0.25, 0.3) is 0 Å². The molecule has 0 spiro atoms. The van der Waals surface area contributed by atoms with Gasteiger partial charge in [-0.25, -0.2) is 0 Å². The standard InChI is InChI=1S/C11H13N3/c1-3-9-11(13-5-4-12-9)10-6-8(2)7-14-10/h4-7,14H,3H2,1-2H3. The van der Waals surface area contributed by atoms with E-state index >= 15 is 0 Å². The van der Waals surface area contributed by atoms with Gasteiger partial charge in [0.1, 0.15) is 5.69 Å². The highest BCUT2D eigenvalue weighted by atomic mass is 14.8. The Morgan fingerprint density at radius 2 is 2.07 bits per heavy atom. The van der Waals surface area contributed by atoms with Crippen LogP contribution in [0.1, 0.15) is 18.2 Å². The number of hydrogen-bond donors (Lipinski definition) is 1. The summed E-state index contributed by atoms with van der Waals surface area (Å²) < 4.78 is 0. The molecule has 0 aromatic carbocycles. The van der Waals surface area contributed by atoms with Crippen molar-refractivity contribution in [1.82, 2.24) is 15.0 Å². The average Bonchev–Trinajstić information content (AvgIpc) is 2.65. The van der Waals surface area contributed by atoms with E-state index in [1.165, 1.54) is 5.56 Å². The second-order valence-corrected chi connectivity index (χ2v) is 3.30. The molecule has 2 aromatic heterocycles. The van der Waals surface area contributed by atoms with E-state index in [1.54, 1.807) is 12.4 Å². The van der Waals surface area contributed by atoms with E-state index in [2.05, 4.69) is 34.9 Å². The number of nitrogens with one attached hydrogen (secondary N) is 1. The van der Waals surface area contributed by atoms with Crippen molar-refractivity contribution < 1.29 is 0 Å². The van der Waals surface area contributed by atoms with E-state index in [4.69, 9.17) is 0 Å². The molecule has 0 atom stereocenters. The van der Waals surface area contributed by atoms with Crippen LogP contribution < -0.4 is 0 Å². The van der Waals surface area contributed by atoms with Crippen molar-refractivity contribution in [2.24, 2.45) is 0 Å². The molecule has 1 N–H and O–H groups in total. The molecule has 0 saturated carbocycles. The molecule has 0 radical (unpaired) electrons. The number of nitrogens with zero attached hydrogens (tertiary/aromatic N) is 2. The molecule has 72 valence electrons. The van der Waals surface area contributed by atoms with Crippen molar-refractivity contribution in [3.05, 3.63) is 35.9 Å². The quantitative estimate of drug-likeness (QED) is 0.784. The molecule has 3 heteroatoms. The zero-order valence-electron chi connectivity index (χ0n) is 8.41. The van der Waals surface area contributed by atoms with Crippen molar-refractivity contribution in [3.63, 3.8) is 0 Å². The molecule has 2 heterocycles. The smallest absolute Gasteiger partial charge is 0.108 e. The fourth-order valence-electron chi connectivity index (χ4n) is 1.49. The summed E-state index contributed by atoms with van der Waals surface area (Å²) in [7, 11) is 0. The van der Waals surface area contributed by atoms with Crippen LogP contribution >= 0.6 is 0 Å². The first-order valence-electron chi connectivity index (χ1n) is 4.76. The third-order valence-electron chi connectivity index (χ3n) is 2.19. The molecule has 0 amide bonds. The lowest BCUT2D eigenvalue weighted by Gasteiger charge is -2.02. The molecule has 0 aliphatic heterocycles. The van der Waals surface area contributed by atoms with Gasteiger partial charge in [-0.3, -0.25) is 9.97 Å². The van der Waals surface area contributed by atoms with Crippen LogP contribution in [0.15, 0.2) is 24.7 Å². The molecule has 0 saturated heterocycles. The van der Waals surface area contributed by atoms with E-state index < -0.39 is 0 Å². The Kier molecular flexibility index (Phi) is 2.31. The van der Waals surface area contributed by atoms with Crippen LogP contribution in [0.5, 0.6) is 0 Å². The maximum atomic E-state index is 4.34. The maximum absolute atomic E-state index is 4.34. The summed E-state index contributed by atoms with van der Waals surface area (Å²) >= 11 is 0. The summed E-state index contributed by atoms with van der Waals surface area (Å²) in [6, 6.07) is 2.09. The minimum Gasteiger partial charge on any atom is -0.360 e. The Hall–Kier alpha value is -1.64. The van der Waals surface area contributed by atoms with Crippen LogP contribution in [-0.2, 0) is 6.42 Å². The highest BCUT2D eigenvalue weighted by Crippen LogP contribution is 2.19. The van der Waals surface area contributed by atoms with E-state index in [1.807, 2.05) is 6.20 Å². The number of rotatable bonds is 2. The highest BCUT2D eigenvalue weighted by Gasteiger charge is 2.06. The Morgan fingerprint density at radius 1 is 1.29 bits per heavy atom. The van der Waals surface area contributed by atoms with Gasteiger partial charge in [-0.15, -0.1) is 0 Å². The third kappa shape index (κ3) is 1.53. The van der Waals surface area contributed by atoms with E-state index in [0.717, 1.165) is 23.5 Å².